The molecule has 0 bridgehead atoms. The molecule has 8 heteroatoms. The number of carbonyl (C=O) groups is 1. The Balaban J connectivity index is 1.46. The van der Waals surface area contributed by atoms with E-state index in [1.807, 2.05) is 12.3 Å². The number of piperidine rings is 1. The highest BCUT2D eigenvalue weighted by molar-refractivity contribution is 5.80. The van der Waals surface area contributed by atoms with Crippen molar-refractivity contribution in [3.63, 3.8) is 0 Å². The maximum absolute atomic E-state index is 11.9. The first kappa shape index (κ1) is 23.1. The van der Waals surface area contributed by atoms with Crippen LogP contribution in [0, 0.1) is 6.92 Å². The Bertz CT molecular complexity index is 868. The standard InChI is InChI=1S/C23H37N7O/c1-4-11-25-21(31)17-29-14-9-19(10-15-29)28-23(24-5-2)26-12-8-20-16-30-13-6-7-18(3)22(30)27-20/h6-7,13,16,19H,4-5,8-12,14-15,17H2,1-3H3,(H,25,31)(H2,24,26,28). The number of aliphatic imine (C=N–C) groups is 1. The van der Waals surface area contributed by atoms with E-state index in [4.69, 9.17) is 9.98 Å². The Morgan fingerprint density at radius 2 is 2.06 bits per heavy atom. The summed E-state index contributed by atoms with van der Waals surface area (Å²) in [6, 6.07) is 4.51. The van der Waals surface area contributed by atoms with Crippen LogP contribution >= 0.6 is 0 Å². The summed E-state index contributed by atoms with van der Waals surface area (Å²) in [6.45, 7) is 10.9. The topological polar surface area (TPSA) is 86.1 Å². The zero-order valence-corrected chi connectivity index (χ0v) is 19.2. The number of guanidine groups is 1. The molecule has 1 amide bonds. The number of rotatable bonds is 9. The normalized spacial score (nSPS) is 15.9. The first-order valence-corrected chi connectivity index (χ1v) is 11.6. The third-order valence-corrected chi connectivity index (χ3v) is 5.58. The highest BCUT2D eigenvalue weighted by Crippen LogP contribution is 2.11. The van der Waals surface area contributed by atoms with Gasteiger partial charge in [-0.1, -0.05) is 13.0 Å². The Labute approximate surface area is 185 Å². The van der Waals surface area contributed by atoms with E-state index in [1.54, 1.807) is 0 Å². The van der Waals surface area contributed by atoms with Crippen molar-refractivity contribution in [1.82, 2.24) is 30.2 Å². The van der Waals surface area contributed by atoms with Crippen molar-refractivity contribution < 1.29 is 4.79 Å². The number of amides is 1. The van der Waals surface area contributed by atoms with Crippen LogP contribution in [-0.2, 0) is 11.2 Å². The lowest BCUT2D eigenvalue weighted by molar-refractivity contribution is -0.122. The van der Waals surface area contributed by atoms with Crippen LogP contribution in [0.3, 0.4) is 0 Å². The number of aromatic nitrogens is 2. The molecule has 3 heterocycles. The average molecular weight is 428 g/mol. The van der Waals surface area contributed by atoms with Crippen molar-refractivity contribution >= 4 is 17.5 Å². The summed E-state index contributed by atoms with van der Waals surface area (Å²) in [5.74, 6) is 0.992. The Morgan fingerprint density at radius 1 is 1.26 bits per heavy atom. The molecule has 1 fully saturated rings. The quantitative estimate of drug-likeness (QED) is 0.419. The predicted molar refractivity (Wildman–Crippen MR) is 126 cm³/mol. The van der Waals surface area contributed by atoms with Gasteiger partial charge in [0.1, 0.15) is 5.65 Å². The molecule has 0 radical (unpaired) electrons. The molecule has 1 aliphatic heterocycles. The zero-order chi connectivity index (χ0) is 22.1. The van der Waals surface area contributed by atoms with Gasteiger partial charge < -0.3 is 20.4 Å². The Kier molecular flexibility index (Phi) is 8.70. The van der Waals surface area contributed by atoms with Crippen LogP contribution < -0.4 is 16.0 Å². The predicted octanol–water partition coefficient (Wildman–Crippen LogP) is 1.73. The lowest BCUT2D eigenvalue weighted by Crippen LogP contribution is -2.50. The van der Waals surface area contributed by atoms with E-state index in [-0.39, 0.29) is 5.91 Å². The van der Waals surface area contributed by atoms with Gasteiger partial charge in [0.05, 0.1) is 12.2 Å². The number of imidazole rings is 1. The van der Waals surface area contributed by atoms with E-state index < -0.39 is 0 Å². The van der Waals surface area contributed by atoms with E-state index >= 15 is 0 Å². The van der Waals surface area contributed by atoms with Crippen molar-refractivity contribution in [3.05, 3.63) is 35.8 Å². The first-order valence-electron chi connectivity index (χ1n) is 11.6. The molecule has 0 unspecified atom stereocenters. The molecule has 1 saturated heterocycles. The molecule has 0 atom stereocenters. The summed E-state index contributed by atoms with van der Waals surface area (Å²) >= 11 is 0. The van der Waals surface area contributed by atoms with Gasteiger partial charge >= 0.3 is 0 Å². The lowest BCUT2D eigenvalue weighted by Gasteiger charge is -2.32. The minimum absolute atomic E-state index is 0.130. The second kappa shape index (κ2) is 11.7. The number of likely N-dealkylation sites (tertiary alicyclic amines) is 1. The fraction of sp³-hybridized carbons (Fsp3) is 0.609. The van der Waals surface area contributed by atoms with Crippen molar-refractivity contribution in [2.75, 3.05) is 39.3 Å². The van der Waals surface area contributed by atoms with Crippen LogP contribution in [0.25, 0.3) is 5.65 Å². The molecular weight excluding hydrogens is 390 g/mol. The smallest absolute Gasteiger partial charge is 0.234 e. The fourth-order valence-electron chi connectivity index (χ4n) is 3.88. The van der Waals surface area contributed by atoms with Crippen molar-refractivity contribution in [1.29, 1.82) is 0 Å². The van der Waals surface area contributed by atoms with E-state index in [9.17, 15) is 4.79 Å². The Hall–Kier alpha value is -2.61. The van der Waals surface area contributed by atoms with Crippen LogP contribution in [-0.4, -0.2) is 71.5 Å². The molecule has 0 aliphatic carbocycles. The van der Waals surface area contributed by atoms with E-state index in [1.165, 1.54) is 5.56 Å². The Morgan fingerprint density at radius 3 is 2.77 bits per heavy atom. The monoisotopic (exact) mass is 427 g/mol. The first-order chi connectivity index (χ1) is 15.1. The van der Waals surface area contributed by atoms with Gasteiger partial charge in [0, 0.05) is 57.6 Å². The molecule has 2 aromatic heterocycles. The average Bonchev–Trinajstić information content (AvgIpc) is 3.18. The van der Waals surface area contributed by atoms with Gasteiger partial charge in [-0.05, 0) is 44.7 Å². The van der Waals surface area contributed by atoms with E-state index in [0.29, 0.717) is 19.1 Å². The number of nitrogens with one attached hydrogen (secondary N) is 3. The van der Waals surface area contributed by atoms with Gasteiger partial charge in [-0.3, -0.25) is 14.7 Å². The molecule has 2 aromatic rings. The van der Waals surface area contributed by atoms with Crippen molar-refractivity contribution in [3.8, 4) is 0 Å². The molecule has 3 rings (SSSR count). The fourth-order valence-corrected chi connectivity index (χ4v) is 3.88. The van der Waals surface area contributed by atoms with Crippen molar-refractivity contribution in [2.24, 2.45) is 4.99 Å². The molecule has 0 saturated carbocycles. The van der Waals surface area contributed by atoms with Gasteiger partial charge in [-0.2, -0.15) is 0 Å². The minimum Gasteiger partial charge on any atom is -0.357 e. The number of pyridine rings is 1. The SMILES string of the molecule is CCCNC(=O)CN1CCC(NC(=NCCc2cn3cccc(C)c3n2)NCC)CC1. The maximum Gasteiger partial charge on any atom is 0.234 e. The molecule has 3 N–H and O–H groups in total. The van der Waals surface area contributed by atoms with Crippen LogP contribution in [0.2, 0.25) is 0 Å². The number of aryl methyl sites for hydroxylation is 1. The van der Waals surface area contributed by atoms with Crippen LogP contribution in [0.4, 0.5) is 0 Å². The van der Waals surface area contributed by atoms with Gasteiger partial charge in [-0.15, -0.1) is 0 Å². The summed E-state index contributed by atoms with van der Waals surface area (Å²) in [5.41, 5.74) is 3.26. The minimum atomic E-state index is 0.130. The third kappa shape index (κ3) is 6.95. The van der Waals surface area contributed by atoms with Gasteiger partial charge in [0.2, 0.25) is 5.91 Å². The van der Waals surface area contributed by atoms with Crippen LogP contribution in [0.15, 0.2) is 29.5 Å². The van der Waals surface area contributed by atoms with E-state index in [0.717, 1.165) is 69.2 Å². The number of carbonyl (C=O) groups excluding carboxylic acids is 1. The molecular formula is C23H37N7O. The lowest BCUT2D eigenvalue weighted by atomic mass is 10.1. The summed E-state index contributed by atoms with van der Waals surface area (Å²) in [4.78, 5) is 23.7. The number of hydrogen-bond donors (Lipinski definition) is 3. The van der Waals surface area contributed by atoms with E-state index in [2.05, 4.69) is 58.3 Å². The van der Waals surface area contributed by atoms with Crippen LogP contribution in [0.5, 0.6) is 0 Å². The molecule has 0 spiro atoms. The summed E-state index contributed by atoms with van der Waals surface area (Å²) in [7, 11) is 0. The summed E-state index contributed by atoms with van der Waals surface area (Å²) in [5, 5.41) is 9.88. The van der Waals surface area contributed by atoms with Gasteiger partial charge in [0.25, 0.3) is 0 Å². The second-order valence-electron chi connectivity index (χ2n) is 8.21. The third-order valence-electron chi connectivity index (χ3n) is 5.58. The number of hydrogen-bond acceptors (Lipinski definition) is 4. The highest BCUT2D eigenvalue weighted by atomic mass is 16.2. The van der Waals surface area contributed by atoms with Crippen molar-refractivity contribution in [2.45, 2.75) is 52.5 Å². The second-order valence-corrected chi connectivity index (χ2v) is 8.21. The molecule has 0 aromatic carbocycles. The molecule has 1 aliphatic rings. The summed E-state index contributed by atoms with van der Waals surface area (Å²) in [6.07, 6.45) is 7.93. The maximum atomic E-state index is 11.9. The zero-order valence-electron chi connectivity index (χ0n) is 19.2. The van der Waals surface area contributed by atoms with Gasteiger partial charge in [0.15, 0.2) is 5.96 Å². The highest BCUT2D eigenvalue weighted by Gasteiger charge is 2.21. The van der Waals surface area contributed by atoms with Gasteiger partial charge in [-0.25, -0.2) is 4.98 Å². The molecule has 8 nitrogen and oxygen atoms in total. The molecule has 31 heavy (non-hydrogen) atoms. The number of nitrogens with zero attached hydrogens (tertiary/aromatic N) is 4. The summed E-state index contributed by atoms with van der Waals surface area (Å²) < 4.78 is 2.08. The largest absolute Gasteiger partial charge is 0.357 e. The number of fused-ring (bicyclic) bond motifs is 1. The molecule has 170 valence electrons. The van der Waals surface area contributed by atoms with Crippen LogP contribution in [0.1, 0.15) is 44.4 Å².